The molecule has 1 aliphatic heterocycles. The number of ketones is 1. The summed E-state index contributed by atoms with van der Waals surface area (Å²) >= 11 is 0. The highest BCUT2D eigenvalue weighted by Gasteiger charge is 2.49. The minimum Gasteiger partial charge on any atom is -0.506 e. The van der Waals surface area contributed by atoms with Crippen LogP contribution in [-0.2, 0) is 9.59 Å². The number of aliphatic hydroxyl groups is 1. The van der Waals surface area contributed by atoms with Crippen molar-refractivity contribution in [3.05, 3.63) is 77.3 Å². The maximum absolute atomic E-state index is 13.3. The van der Waals surface area contributed by atoms with Crippen LogP contribution in [0.15, 0.2) is 64.6 Å². The van der Waals surface area contributed by atoms with Crippen LogP contribution in [0.25, 0.3) is 5.76 Å². The van der Waals surface area contributed by atoms with Gasteiger partial charge in [0.2, 0.25) is 0 Å². The maximum atomic E-state index is 13.3. The predicted octanol–water partition coefficient (Wildman–Crippen LogP) is 5.13. The molecule has 1 saturated heterocycles. The van der Waals surface area contributed by atoms with E-state index in [1.807, 2.05) is 0 Å². The van der Waals surface area contributed by atoms with Gasteiger partial charge < -0.3 is 23.7 Å². The van der Waals surface area contributed by atoms with Crippen LogP contribution in [0.2, 0.25) is 0 Å². The van der Waals surface area contributed by atoms with E-state index in [1.165, 1.54) is 44.6 Å². The molecule has 8 nitrogen and oxygen atoms in total. The summed E-state index contributed by atoms with van der Waals surface area (Å²) in [6, 6.07) is 11.0. The second kappa shape index (κ2) is 9.33. The van der Waals surface area contributed by atoms with E-state index >= 15 is 0 Å². The number of carbonyl (C=O) groups is 2. The third-order valence-electron chi connectivity index (χ3n) is 5.47. The van der Waals surface area contributed by atoms with Crippen molar-refractivity contribution in [1.82, 2.24) is 0 Å². The standard InChI is InChI=1S/C25H20F3NO7/c1-13-10-11-18(35-13)21-20(22(30)19-16(33-2)8-5-9-17(19)34-3)23(31)24(32)29(21)14-6-4-7-15(12-14)36-25(26,27)28/h4-12,21,30H,1-3H3/b22-20+. The number of benzene rings is 2. The molecule has 1 atom stereocenters. The number of ether oxygens (including phenoxy) is 3. The van der Waals surface area contributed by atoms with E-state index in [2.05, 4.69) is 4.74 Å². The zero-order valence-electron chi connectivity index (χ0n) is 19.3. The van der Waals surface area contributed by atoms with Crippen molar-refractivity contribution in [2.45, 2.75) is 19.3 Å². The van der Waals surface area contributed by atoms with Gasteiger partial charge in [0.1, 0.15) is 46.1 Å². The number of methoxy groups -OCH3 is 2. The largest absolute Gasteiger partial charge is 0.573 e. The van der Waals surface area contributed by atoms with Gasteiger partial charge in [-0.05, 0) is 43.3 Å². The average molecular weight is 503 g/mol. The van der Waals surface area contributed by atoms with Crippen LogP contribution in [0, 0.1) is 6.92 Å². The highest BCUT2D eigenvalue weighted by atomic mass is 19.4. The molecule has 0 radical (unpaired) electrons. The molecule has 4 rings (SSSR count). The van der Waals surface area contributed by atoms with Gasteiger partial charge >= 0.3 is 6.36 Å². The van der Waals surface area contributed by atoms with Crippen molar-refractivity contribution in [2.75, 3.05) is 19.1 Å². The summed E-state index contributed by atoms with van der Waals surface area (Å²) in [5.41, 5.74) is -0.425. The Hall–Kier alpha value is -4.41. The molecule has 1 aliphatic rings. The zero-order chi connectivity index (χ0) is 26.2. The molecule has 188 valence electrons. The summed E-state index contributed by atoms with van der Waals surface area (Å²) < 4.78 is 58.7. The molecule has 0 aliphatic carbocycles. The number of alkyl halides is 3. The van der Waals surface area contributed by atoms with Crippen molar-refractivity contribution in [3.8, 4) is 17.2 Å². The molecule has 36 heavy (non-hydrogen) atoms. The van der Waals surface area contributed by atoms with Gasteiger partial charge in [-0.25, -0.2) is 0 Å². The van der Waals surface area contributed by atoms with Gasteiger partial charge in [0.05, 0.1) is 19.8 Å². The van der Waals surface area contributed by atoms with Crippen LogP contribution in [0.5, 0.6) is 17.2 Å². The predicted molar refractivity (Wildman–Crippen MR) is 121 cm³/mol. The highest BCUT2D eigenvalue weighted by Crippen LogP contribution is 2.46. The topological polar surface area (TPSA) is 98.4 Å². The first-order chi connectivity index (χ1) is 17.1. The van der Waals surface area contributed by atoms with Crippen LogP contribution >= 0.6 is 0 Å². The zero-order valence-corrected chi connectivity index (χ0v) is 19.3. The number of furan rings is 1. The SMILES string of the molecule is COc1cccc(OC)c1/C(O)=C1\C(=O)C(=O)N(c2cccc(OC(F)(F)F)c2)C1c1ccc(C)o1. The highest BCUT2D eigenvalue weighted by molar-refractivity contribution is 6.51. The van der Waals surface area contributed by atoms with Crippen molar-refractivity contribution in [2.24, 2.45) is 0 Å². The molecule has 0 spiro atoms. The van der Waals surface area contributed by atoms with Crippen LogP contribution in [-0.4, -0.2) is 37.4 Å². The van der Waals surface area contributed by atoms with Gasteiger partial charge in [0, 0.05) is 11.8 Å². The quantitative estimate of drug-likeness (QED) is 0.283. The monoisotopic (exact) mass is 503 g/mol. The van der Waals surface area contributed by atoms with Gasteiger partial charge in [-0.3, -0.25) is 14.5 Å². The average Bonchev–Trinajstić information content (AvgIpc) is 3.37. The summed E-state index contributed by atoms with van der Waals surface area (Å²) in [7, 11) is 2.70. The number of halogens is 3. The van der Waals surface area contributed by atoms with Gasteiger partial charge in [0.15, 0.2) is 0 Å². The van der Waals surface area contributed by atoms with Crippen LogP contribution in [0.3, 0.4) is 0 Å². The first-order valence-electron chi connectivity index (χ1n) is 10.5. The first kappa shape index (κ1) is 24.7. The Morgan fingerprint density at radius 3 is 2.19 bits per heavy atom. The number of aryl methyl sites for hydroxylation is 1. The second-order valence-electron chi connectivity index (χ2n) is 7.70. The summed E-state index contributed by atoms with van der Waals surface area (Å²) in [5, 5.41) is 11.3. The summed E-state index contributed by atoms with van der Waals surface area (Å²) in [6.07, 6.45) is -4.97. The number of hydrogen-bond acceptors (Lipinski definition) is 7. The number of aliphatic hydroxyl groups excluding tert-OH is 1. The van der Waals surface area contributed by atoms with Gasteiger partial charge in [0.25, 0.3) is 11.7 Å². The lowest BCUT2D eigenvalue weighted by atomic mass is 9.98. The normalized spacial score (nSPS) is 17.4. The lowest BCUT2D eigenvalue weighted by Crippen LogP contribution is -2.29. The summed E-state index contributed by atoms with van der Waals surface area (Å²) in [4.78, 5) is 27.4. The summed E-state index contributed by atoms with van der Waals surface area (Å²) in [5.74, 6) is -2.50. The number of rotatable bonds is 6. The Morgan fingerprint density at radius 2 is 1.64 bits per heavy atom. The number of Topliss-reactive ketones (excluding diaryl/α,β-unsaturated/α-hetero) is 1. The lowest BCUT2D eigenvalue weighted by Gasteiger charge is -2.24. The Bertz CT molecular complexity index is 1340. The Balaban J connectivity index is 1.95. The van der Waals surface area contributed by atoms with E-state index < -0.39 is 35.6 Å². The summed E-state index contributed by atoms with van der Waals surface area (Å²) in [6.45, 7) is 1.64. The number of anilines is 1. The van der Waals surface area contributed by atoms with E-state index in [4.69, 9.17) is 13.9 Å². The number of carbonyl (C=O) groups excluding carboxylic acids is 2. The molecular weight excluding hydrogens is 483 g/mol. The lowest BCUT2D eigenvalue weighted by molar-refractivity contribution is -0.274. The molecule has 1 N–H and O–H groups in total. The molecule has 2 heterocycles. The van der Waals surface area contributed by atoms with Crippen molar-refractivity contribution < 1.29 is 46.5 Å². The van der Waals surface area contributed by atoms with E-state index in [0.717, 1.165) is 17.0 Å². The molecule has 3 aromatic rings. The minimum absolute atomic E-state index is 0.0166. The van der Waals surface area contributed by atoms with Crippen LogP contribution < -0.4 is 19.1 Å². The van der Waals surface area contributed by atoms with Gasteiger partial charge in [-0.2, -0.15) is 0 Å². The fourth-order valence-corrected chi connectivity index (χ4v) is 4.02. The third kappa shape index (κ3) is 4.47. The second-order valence-corrected chi connectivity index (χ2v) is 7.70. The molecule has 1 aromatic heterocycles. The number of nitrogens with zero attached hydrogens (tertiary/aromatic N) is 1. The molecule has 1 unspecified atom stereocenters. The fourth-order valence-electron chi connectivity index (χ4n) is 4.02. The molecule has 11 heteroatoms. The molecule has 2 aromatic carbocycles. The minimum atomic E-state index is -4.97. The maximum Gasteiger partial charge on any atom is 0.573 e. The Morgan fingerprint density at radius 1 is 1.00 bits per heavy atom. The van der Waals surface area contributed by atoms with E-state index in [9.17, 15) is 27.9 Å². The van der Waals surface area contributed by atoms with E-state index in [1.54, 1.807) is 19.1 Å². The van der Waals surface area contributed by atoms with E-state index in [0.29, 0.717) is 5.76 Å². The van der Waals surface area contributed by atoms with Gasteiger partial charge in [-0.1, -0.05) is 12.1 Å². The Labute approximate surface area is 203 Å². The molecular formula is C25H20F3NO7. The molecule has 1 fully saturated rings. The molecule has 0 saturated carbocycles. The number of amides is 1. The smallest absolute Gasteiger partial charge is 0.506 e. The fraction of sp³-hybridized carbons (Fsp3) is 0.200. The van der Waals surface area contributed by atoms with Crippen molar-refractivity contribution in [1.29, 1.82) is 0 Å². The third-order valence-corrected chi connectivity index (χ3v) is 5.47. The molecule has 1 amide bonds. The van der Waals surface area contributed by atoms with Gasteiger partial charge in [-0.15, -0.1) is 13.2 Å². The van der Waals surface area contributed by atoms with Crippen LogP contribution in [0.4, 0.5) is 18.9 Å². The molecule has 0 bridgehead atoms. The van der Waals surface area contributed by atoms with E-state index in [-0.39, 0.29) is 34.1 Å². The van der Waals surface area contributed by atoms with Crippen molar-refractivity contribution >= 4 is 23.1 Å². The first-order valence-corrected chi connectivity index (χ1v) is 10.5. The number of hydrogen-bond donors (Lipinski definition) is 1. The Kier molecular flexibility index (Phi) is 6.40. The van der Waals surface area contributed by atoms with Crippen LogP contribution in [0.1, 0.15) is 23.1 Å². The van der Waals surface area contributed by atoms with Crippen molar-refractivity contribution in [3.63, 3.8) is 0 Å².